The molecular formula is C11H15F. The normalized spacial score (nSPS) is 25.2. The van der Waals surface area contributed by atoms with Gasteiger partial charge in [-0.1, -0.05) is 13.3 Å². The number of alkyl halides is 1. The number of hydrogen-bond acceptors (Lipinski definition) is 0. The van der Waals surface area contributed by atoms with Crippen molar-refractivity contribution in [2.24, 2.45) is 5.92 Å². The summed E-state index contributed by atoms with van der Waals surface area (Å²) in [5.74, 6) is 0.776. The first-order valence-electron chi connectivity index (χ1n) is 4.93. The highest BCUT2D eigenvalue weighted by atomic mass is 19.1. The summed E-state index contributed by atoms with van der Waals surface area (Å²) in [6.45, 7) is 1.89. The molecule has 0 aromatic heterocycles. The Balaban J connectivity index is 1.99. The molecule has 1 fully saturated rings. The fourth-order valence-electron chi connectivity index (χ4n) is 1.83. The molecule has 0 aromatic carbocycles. The van der Waals surface area contributed by atoms with Crippen molar-refractivity contribution in [2.45, 2.75) is 45.2 Å². The van der Waals surface area contributed by atoms with Crippen molar-refractivity contribution in [1.29, 1.82) is 0 Å². The molecule has 0 amide bonds. The lowest BCUT2D eigenvalue weighted by molar-refractivity contribution is 0.333. The number of hydrogen-bond donors (Lipinski definition) is 0. The predicted octanol–water partition coefficient (Wildman–Crippen LogP) is 3.39. The second-order valence-corrected chi connectivity index (χ2v) is 3.86. The Morgan fingerprint density at radius 3 is 2.67 bits per heavy atom. The van der Waals surface area contributed by atoms with Gasteiger partial charge in [0.1, 0.15) is 6.17 Å². The molecule has 0 aromatic rings. The summed E-state index contributed by atoms with van der Waals surface area (Å²) in [6.07, 6.45) is 4.81. The lowest BCUT2D eigenvalue weighted by Gasteiger charge is -2.31. The summed E-state index contributed by atoms with van der Waals surface area (Å²) in [5.41, 5.74) is 5.50. The molecule has 1 heteroatoms. The highest BCUT2D eigenvalue weighted by molar-refractivity contribution is 5.31. The zero-order valence-electron chi connectivity index (χ0n) is 7.57. The Kier molecular flexibility index (Phi) is 2.06. The van der Waals surface area contributed by atoms with Gasteiger partial charge in [-0.15, -0.1) is 5.73 Å². The molecule has 0 nitrogen and oxygen atoms in total. The minimum atomic E-state index is -0.714. The molecule has 0 N–H and O–H groups in total. The van der Waals surface area contributed by atoms with E-state index in [0.29, 0.717) is 6.42 Å². The van der Waals surface area contributed by atoms with Gasteiger partial charge in [0.05, 0.1) is 0 Å². The zero-order chi connectivity index (χ0) is 8.55. The van der Waals surface area contributed by atoms with Crippen LogP contribution in [0.3, 0.4) is 0 Å². The van der Waals surface area contributed by atoms with E-state index in [2.05, 4.69) is 5.73 Å². The molecule has 12 heavy (non-hydrogen) atoms. The van der Waals surface area contributed by atoms with Crippen LogP contribution in [0.2, 0.25) is 0 Å². The molecule has 1 unspecified atom stereocenters. The third-order valence-corrected chi connectivity index (χ3v) is 3.04. The Labute approximate surface area is 73.2 Å². The summed E-state index contributed by atoms with van der Waals surface area (Å²) in [4.78, 5) is 0. The van der Waals surface area contributed by atoms with Crippen LogP contribution in [0.15, 0.2) is 16.9 Å². The quantitative estimate of drug-likeness (QED) is 0.564. The fourth-order valence-corrected chi connectivity index (χ4v) is 1.83. The molecule has 66 valence electrons. The first kappa shape index (κ1) is 8.07. The van der Waals surface area contributed by atoms with Gasteiger partial charge in [-0.25, -0.2) is 4.39 Å². The van der Waals surface area contributed by atoms with E-state index in [-0.39, 0.29) is 0 Å². The van der Waals surface area contributed by atoms with Crippen molar-refractivity contribution < 1.29 is 4.39 Å². The fraction of sp³-hybridized carbons (Fsp3) is 0.727. The van der Waals surface area contributed by atoms with E-state index in [1.807, 2.05) is 6.92 Å². The van der Waals surface area contributed by atoms with Crippen LogP contribution in [-0.4, -0.2) is 6.17 Å². The van der Waals surface area contributed by atoms with E-state index in [9.17, 15) is 4.39 Å². The Morgan fingerprint density at radius 2 is 2.25 bits per heavy atom. The van der Waals surface area contributed by atoms with Crippen LogP contribution < -0.4 is 0 Å². The molecule has 1 atom stereocenters. The van der Waals surface area contributed by atoms with Crippen LogP contribution in [0.4, 0.5) is 4.39 Å². The maximum absolute atomic E-state index is 13.0. The van der Waals surface area contributed by atoms with Gasteiger partial charge in [0.25, 0.3) is 0 Å². The molecule has 0 bridgehead atoms. The largest absolute Gasteiger partial charge is 0.242 e. The van der Waals surface area contributed by atoms with Crippen molar-refractivity contribution >= 4 is 0 Å². The summed E-state index contributed by atoms with van der Waals surface area (Å²) in [7, 11) is 0. The second kappa shape index (κ2) is 3.06. The smallest absolute Gasteiger partial charge is 0.129 e. The molecule has 2 aliphatic rings. The summed E-state index contributed by atoms with van der Waals surface area (Å²) in [5, 5.41) is 0. The van der Waals surface area contributed by atoms with Gasteiger partial charge in [-0.2, -0.15) is 0 Å². The van der Waals surface area contributed by atoms with Gasteiger partial charge in [0.2, 0.25) is 0 Å². The average molecular weight is 166 g/mol. The van der Waals surface area contributed by atoms with E-state index in [4.69, 9.17) is 0 Å². The van der Waals surface area contributed by atoms with Crippen molar-refractivity contribution in [3.8, 4) is 0 Å². The molecule has 0 radical (unpaired) electrons. The molecule has 0 heterocycles. The van der Waals surface area contributed by atoms with Gasteiger partial charge in [0.15, 0.2) is 0 Å². The Morgan fingerprint density at radius 1 is 1.58 bits per heavy atom. The summed E-state index contributed by atoms with van der Waals surface area (Å²) in [6, 6.07) is 0. The lowest BCUT2D eigenvalue weighted by Crippen LogP contribution is -2.19. The van der Waals surface area contributed by atoms with Crippen molar-refractivity contribution in [2.75, 3.05) is 0 Å². The van der Waals surface area contributed by atoms with Crippen LogP contribution in [0.25, 0.3) is 0 Å². The molecule has 1 saturated carbocycles. The monoisotopic (exact) mass is 166 g/mol. The van der Waals surface area contributed by atoms with Crippen LogP contribution in [0, 0.1) is 5.92 Å². The maximum atomic E-state index is 13.0. The van der Waals surface area contributed by atoms with Gasteiger partial charge < -0.3 is 0 Å². The van der Waals surface area contributed by atoms with E-state index < -0.39 is 6.17 Å². The third kappa shape index (κ3) is 1.23. The van der Waals surface area contributed by atoms with E-state index in [1.54, 1.807) is 0 Å². The number of rotatable bonds is 3. The van der Waals surface area contributed by atoms with E-state index in [1.165, 1.54) is 24.8 Å². The van der Waals surface area contributed by atoms with Crippen LogP contribution in [-0.2, 0) is 0 Å². The SMILES string of the molecule is CCC(F)C1=C=C(C2CCC2)C1. The lowest BCUT2D eigenvalue weighted by atomic mass is 9.74. The average Bonchev–Trinajstić information content (AvgIpc) is 1.90. The van der Waals surface area contributed by atoms with Crippen LogP contribution >= 0.6 is 0 Å². The van der Waals surface area contributed by atoms with Gasteiger partial charge in [-0.3, -0.25) is 0 Å². The van der Waals surface area contributed by atoms with E-state index in [0.717, 1.165) is 17.9 Å². The Bertz CT molecular complexity index is 227. The zero-order valence-corrected chi connectivity index (χ0v) is 7.57. The second-order valence-electron chi connectivity index (χ2n) is 3.86. The molecule has 2 rings (SSSR count). The van der Waals surface area contributed by atoms with Crippen molar-refractivity contribution in [1.82, 2.24) is 0 Å². The van der Waals surface area contributed by atoms with Crippen LogP contribution in [0.1, 0.15) is 39.0 Å². The number of allylic oxidation sites excluding steroid dienone is 1. The highest BCUT2D eigenvalue weighted by Gasteiger charge is 2.28. The predicted molar refractivity (Wildman–Crippen MR) is 47.7 cm³/mol. The van der Waals surface area contributed by atoms with Gasteiger partial charge in [-0.05, 0) is 30.8 Å². The standard InChI is InChI=1S/C11H15F/c1-2-11(12)10-6-9(7-10)8-4-3-5-8/h8,11H,2-6H2,1H3. The van der Waals surface area contributed by atoms with E-state index >= 15 is 0 Å². The summed E-state index contributed by atoms with van der Waals surface area (Å²) >= 11 is 0. The van der Waals surface area contributed by atoms with Crippen molar-refractivity contribution in [3.05, 3.63) is 16.9 Å². The molecule has 2 aliphatic carbocycles. The summed E-state index contributed by atoms with van der Waals surface area (Å²) < 4.78 is 13.0. The minimum Gasteiger partial charge on any atom is -0.242 e. The maximum Gasteiger partial charge on any atom is 0.129 e. The molecule has 0 aliphatic heterocycles. The highest BCUT2D eigenvalue weighted by Crippen LogP contribution is 2.40. The molecule has 0 spiro atoms. The first-order chi connectivity index (χ1) is 5.81. The number of halogens is 1. The molecule has 0 saturated heterocycles. The topological polar surface area (TPSA) is 0 Å². The van der Waals surface area contributed by atoms with Crippen molar-refractivity contribution in [3.63, 3.8) is 0 Å². The molecular weight excluding hydrogens is 151 g/mol. The third-order valence-electron chi connectivity index (χ3n) is 3.04. The van der Waals surface area contributed by atoms with Gasteiger partial charge >= 0.3 is 0 Å². The first-order valence-corrected chi connectivity index (χ1v) is 4.93. The van der Waals surface area contributed by atoms with Crippen LogP contribution in [0.5, 0.6) is 0 Å². The Hall–Kier alpha value is -0.550. The van der Waals surface area contributed by atoms with Gasteiger partial charge in [0, 0.05) is 12.0 Å². The minimum absolute atomic E-state index is 0.611.